The maximum absolute atomic E-state index is 13.5. The van der Waals surface area contributed by atoms with E-state index in [9.17, 15) is 4.79 Å². The number of amides is 1. The smallest absolute Gasteiger partial charge is 0.254 e. The summed E-state index contributed by atoms with van der Waals surface area (Å²) in [6.07, 6.45) is 4.12. The molecule has 2 aliphatic rings. The monoisotopic (exact) mass is 437 g/mol. The Hall–Kier alpha value is -2.44. The Kier molecular flexibility index (Phi) is 5.44. The highest BCUT2D eigenvalue weighted by Crippen LogP contribution is 2.40. The highest BCUT2D eigenvalue weighted by atomic mass is 35.5. The SMILES string of the molecule is CC(C)n1ncc2c(C(=O)N3CCN(Cc4cccc(Cl)c4)CC3)cc(C3CC3)nc21. The summed E-state index contributed by atoms with van der Waals surface area (Å²) in [6.45, 7) is 8.20. The molecule has 5 rings (SSSR count). The molecule has 162 valence electrons. The lowest BCUT2D eigenvalue weighted by Gasteiger charge is -2.35. The van der Waals surface area contributed by atoms with Crippen molar-refractivity contribution in [2.24, 2.45) is 0 Å². The van der Waals surface area contributed by atoms with Crippen molar-refractivity contribution in [2.45, 2.75) is 45.2 Å². The van der Waals surface area contributed by atoms with E-state index < -0.39 is 0 Å². The molecule has 2 fully saturated rings. The van der Waals surface area contributed by atoms with Gasteiger partial charge in [-0.1, -0.05) is 23.7 Å². The Labute approximate surface area is 187 Å². The van der Waals surface area contributed by atoms with Crippen molar-refractivity contribution in [1.29, 1.82) is 0 Å². The Balaban J connectivity index is 1.34. The van der Waals surface area contributed by atoms with E-state index in [0.717, 1.165) is 72.9 Å². The Morgan fingerprint density at radius 2 is 1.94 bits per heavy atom. The molecular weight excluding hydrogens is 410 g/mol. The molecule has 3 heterocycles. The van der Waals surface area contributed by atoms with Crippen LogP contribution in [0.1, 0.15) is 60.3 Å². The molecule has 3 aromatic rings. The van der Waals surface area contributed by atoms with E-state index in [4.69, 9.17) is 16.6 Å². The van der Waals surface area contributed by atoms with Gasteiger partial charge in [0, 0.05) is 55.4 Å². The van der Waals surface area contributed by atoms with Crippen molar-refractivity contribution in [3.8, 4) is 0 Å². The van der Waals surface area contributed by atoms with Gasteiger partial charge in [-0.15, -0.1) is 0 Å². The van der Waals surface area contributed by atoms with Crippen LogP contribution in [0.3, 0.4) is 0 Å². The lowest BCUT2D eigenvalue weighted by molar-refractivity contribution is 0.0630. The van der Waals surface area contributed by atoms with Crippen LogP contribution in [0.5, 0.6) is 0 Å². The number of piperazine rings is 1. The third kappa shape index (κ3) is 4.19. The second kappa shape index (κ2) is 8.24. The van der Waals surface area contributed by atoms with Gasteiger partial charge in [-0.25, -0.2) is 9.67 Å². The summed E-state index contributed by atoms with van der Waals surface area (Å²) in [7, 11) is 0. The van der Waals surface area contributed by atoms with E-state index in [2.05, 4.69) is 29.9 Å². The molecular formula is C24H28ClN5O. The van der Waals surface area contributed by atoms with Crippen molar-refractivity contribution in [3.63, 3.8) is 0 Å². The fraction of sp³-hybridized carbons (Fsp3) is 0.458. The maximum Gasteiger partial charge on any atom is 0.254 e. The largest absolute Gasteiger partial charge is 0.336 e. The van der Waals surface area contributed by atoms with Crippen LogP contribution in [0.4, 0.5) is 0 Å². The van der Waals surface area contributed by atoms with Crippen molar-refractivity contribution in [2.75, 3.05) is 26.2 Å². The number of halogens is 1. The molecule has 0 spiro atoms. The average molecular weight is 438 g/mol. The predicted octanol–water partition coefficient (Wildman–Crippen LogP) is 4.50. The summed E-state index contributed by atoms with van der Waals surface area (Å²) in [6, 6.07) is 10.2. The van der Waals surface area contributed by atoms with Crippen molar-refractivity contribution >= 4 is 28.5 Å². The number of hydrogen-bond donors (Lipinski definition) is 0. The maximum atomic E-state index is 13.5. The normalized spacial score (nSPS) is 17.6. The van der Waals surface area contributed by atoms with Gasteiger partial charge < -0.3 is 4.90 Å². The number of aromatic nitrogens is 3. The zero-order chi connectivity index (χ0) is 21.5. The van der Waals surface area contributed by atoms with E-state index in [1.54, 1.807) is 0 Å². The summed E-state index contributed by atoms with van der Waals surface area (Å²) >= 11 is 6.12. The van der Waals surface area contributed by atoms with Gasteiger partial charge in [-0.3, -0.25) is 9.69 Å². The lowest BCUT2D eigenvalue weighted by atomic mass is 10.1. The highest BCUT2D eigenvalue weighted by Gasteiger charge is 2.30. The first-order valence-electron chi connectivity index (χ1n) is 11.1. The molecule has 1 amide bonds. The van der Waals surface area contributed by atoms with Gasteiger partial charge in [0.25, 0.3) is 5.91 Å². The van der Waals surface area contributed by atoms with Gasteiger partial charge in [-0.05, 0) is 50.5 Å². The number of pyridine rings is 1. The first-order chi connectivity index (χ1) is 15.0. The molecule has 1 saturated carbocycles. The molecule has 0 N–H and O–H groups in total. The van der Waals surface area contributed by atoms with Crippen LogP contribution in [-0.4, -0.2) is 56.7 Å². The topological polar surface area (TPSA) is 54.3 Å². The van der Waals surface area contributed by atoms with Crippen LogP contribution in [0.25, 0.3) is 11.0 Å². The Morgan fingerprint density at radius 3 is 2.61 bits per heavy atom. The van der Waals surface area contributed by atoms with Gasteiger partial charge in [0.2, 0.25) is 0 Å². The van der Waals surface area contributed by atoms with Crippen molar-refractivity contribution in [3.05, 3.63) is 58.4 Å². The lowest BCUT2D eigenvalue weighted by Crippen LogP contribution is -2.48. The minimum absolute atomic E-state index is 0.0972. The molecule has 1 aromatic carbocycles. The zero-order valence-corrected chi connectivity index (χ0v) is 18.8. The third-order valence-electron chi connectivity index (χ3n) is 6.26. The summed E-state index contributed by atoms with van der Waals surface area (Å²) in [5.74, 6) is 0.584. The number of carbonyl (C=O) groups is 1. The van der Waals surface area contributed by atoms with E-state index in [0.29, 0.717) is 5.92 Å². The molecule has 6 nitrogen and oxygen atoms in total. The molecule has 31 heavy (non-hydrogen) atoms. The fourth-order valence-electron chi connectivity index (χ4n) is 4.35. The Bertz CT molecular complexity index is 1110. The fourth-order valence-corrected chi connectivity index (χ4v) is 4.57. The standard InChI is InChI=1S/C24H28ClN5O/c1-16(2)30-23-21(14-26-30)20(13-22(27-23)18-6-7-18)24(31)29-10-8-28(9-11-29)15-17-4-3-5-19(25)12-17/h3-5,12-14,16,18H,6-11,15H2,1-2H3. The number of nitrogens with zero attached hydrogens (tertiary/aromatic N) is 5. The average Bonchev–Trinajstić information content (AvgIpc) is 3.52. The number of rotatable bonds is 5. The summed E-state index contributed by atoms with van der Waals surface area (Å²) < 4.78 is 1.93. The summed E-state index contributed by atoms with van der Waals surface area (Å²) in [5, 5.41) is 6.16. The number of benzene rings is 1. The Morgan fingerprint density at radius 1 is 1.16 bits per heavy atom. The van der Waals surface area contributed by atoms with Crippen LogP contribution >= 0.6 is 11.6 Å². The first kappa shape index (κ1) is 20.5. The van der Waals surface area contributed by atoms with Gasteiger partial charge in [0.1, 0.15) is 0 Å². The quantitative estimate of drug-likeness (QED) is 0.589. The minimum Gasteiger partial charge on any atom is -0.336 e. The summed E-state index contributed by atoms with van der Waals surface area (Å²) in [5.41, 5.74) is 3.83. The number of fused-ring (bicyclic) bond motifs is 1. The second-order valence-corrected chi connectivity index (χ2v) is 9.42. The second-order valence-electron chi connectivity index (χ2n) is 8.99. The van der Waals surface area contributed by atoms with Gasteiger partial charge >= 0.3 is 0 Å². The van der Waals surface area contributed by atoms with E-state index in [1.807, 2.05) is 40.0 Å². The highest BCUT2D eigenvalue weighted by molar-refractivity contribution is 6.30. The van der Waals surface area contributed by atoms with Crippen LogP contribution in [0.15, 0.2) is 36.5 Å². The molecule has 0 radical (unpaired) electrons. The molecule has 1 aliphatic heterocycles. The molecule has 1 aliphatic carbocycles. The molecule has 2 aromatic heterocycles. The van der Waals surface area contributed by atoms with Crippen molar-refractivity contribution in [1.82, 2.24) is 24.6 Å². The molecule has 1 saturated heterocycles. The van der Waals surface area contributed by atoms with Crippen LogP contribution in [-0.2, 0) is 6.54 Å². The molecule has 0 bridgehead atoms. The van der Waals surface area contributed by atoms with Crippen molar-refractivity contribution < 1.29 is 4.79 Å². The van der Waals surface area contributed by atoms with Gasteiger partial charge in [0.15, 0.2) is 5.65 Å². The predicted molar refractivity (Wildman–Crippen MR) is 123 cm³/mol. The van der Waals surface area contributed by atoms with E-state index in [-0.39, 0.29) is 11.9 Å². The first-order valence-corrected chi connectivity index (χ1v) is 11.5. The van der Waals surface area contributed by atoms with Gasteiger partial charge in [0.05, 0.1) is 17.1 Å². The zero-order valence-electron chi connectivity index (χ0n) is 18.1. The molecule has 0 atom stereocenters. The van der Waals surface area contributed by atoms with Crippen LogP contribution in [0, 0.1) is 0 Å². The third-order valence-corrected chi connectivity index (χ3v) is 6.49. The summed E-state index contributed by atoms with van der Waals surface area (Å²) in [4.78, 5) is 22.8. The minimum atomic E-state index is 0.0972. The molecule has 7 heteroatoms. The van der Waals surface area contributed by atoms with Crippen LogP contribution < -0.4 is 0 Å². The van der Waals surface area contributed by atoms with E-state index >= 15 is 0 Å². The number of carbonyl (C=O) groups excluding carboxylic acids is 1. The van der Waals surface area contributed by atoms with Gasteiger partial charge in [-0.2, -0.15) is 5.10 Å². The van der Waals surface area contributed by atoms with Crippen LogP contribution in [0.2, 0.25) is 5.02 Å². The number of hydrogen-bond acceptors (Lipinski definition) is 4. The molecule has 0 unspecified atom stereocenters. The van der Waals surface area contributed by atoms with E-state index in [1.165, 1.54) is 5.56 Å².